The summed E-state index contributed by atoms with van der Waals surface area (Å²) in [5, 5.41) is 0.236. The van der Waals surface area contributed by atoms with E-state index in [2.05, 4.69) is 0 Å². The molecule has 0 aliphatic rings. The molecule has 1 amide bonds. The molecule has 0 heterocycles. The monoisotopic (exact) mass is 339 g/mol. The molecule has 0 aliphatic carbocycles. The van der Waals surface area contributed by atoms with Gasteiger partial charge in [0.25, 0.3) is 0 Å². The number of primary amides is 1. The maximum Gasteiger partial charge on any atom is 0.409 e. The number of hydrogen-bond donors (Lipinski definition) is 1. The second-order valence-electron chi connectivity index (χ2n) is 4.39. The molecule has 0 saturated carbocycles. The van der Waals surface area contributed by atoms with E-state index in [1.165, 1.54) is 12.1 Å². The smallest absolute Gasteiger partial charge is 0.409 e. The molecule has 0 atom stereocenters. The third-order valence-corrected chi connectivity index (χ3v) is 3.38. The van der Waals surface area contributed by atoms with Gasteiger partial charge in [-0.05, 0) is 30.7 Å². The molecule has 0 radical (unpaired) electrons. The van der Waals surface area contributed by atoms with Crippen LogP contribution in [0.2, 0.25) is 10.0 Å². The average Bonchev–Trinajstić information content (AvgIpc) is 2.42. The molecule has 2 N–H and O–H groups in total. The average molecular weight is 340 g/mol. The van der Waals surface area contributed by atoms with Crippen LogP contribution in [0.4, 0.5) is 4.79 Å². The second kappa shape index (κ2) is 6.68. The van der Waals surface area contributed by atoms with E-state index in [9.17, 15) is 9.59 Å². The highest BCUT2D eigenvalue weighted by molar-refractivity contribution is 6.42. The van der Waals surface area contributed by atoms with Crippen LogP contribution in [0.25, 0.3) is 0 Å². The predicted octanol–water partition coefficient (Wildman–Crippen LogP) is 3.98. The molecule has 0 fully saturated rings. The molecule has 0 saturated heterocycles. The van der Waals surface area contributed by atoms with Gasteiger partial charge in [0.15, 0.2) is 0 Å². The van der Waals surface area contributed by atoms with Crippen molar-refractivity contribution >= 4 is 35.3 Å². The molecule has 0 unspecified atom stereocenters. The van der Waals surface area contributed by atoms with Crippen molar-refractivity contribution in [2.24, 2.45) is 5.73 Å². The Morgan fingerprint density at radius 3 is 2.36 bits per heavy atom. The Morgan fingerprint density at radius 2 is 1.73 bits per heavy atom. The molecule has 114 valence electrons. The Morgan fingerprint density at radius 1 is 1.05 bits per heavy atom. The van der Waals surface area contributed by atoms with Crippen molar-refractivity contribution in [2.75, 3.05) is 0 Å². The lowest BCUT2D eigenvalue weighted by atomic mass is 10.2. The molecular weight excluding hydrogens is 329 g/mol. The second-order valence-corrected chi connectivity index (χ2v) is 5.20. The van der Waals surface area contributed by atoms with E-state index in [0.717, 1.165) is 5.56 Å². The number of amides is 1. The number of nitrogens with two attached hydrogens (primary N) is 1. The van der Waals surface area contributed by atoms with Crippen LogP contribution in [-0.4, -0.2) is 12.1 Å². The minimum atomic E-state index is -1.08. The van der Waals surface area contributed by atoms with Crippen LogP contribution >= 0.6 is 23.2 Å². The summed E-state index contributed by atoms with van der Waals surface area (Å²) in [6, 6.07) is 9.38. The van der Waals surface area contributed by atoms with E-state index >= 15 is 0 Å². The number of benzene rings is 2. The van der Waals surface area contributed by atoms with Gasteiger partial charge in [0.2, 0.25) is 0 Å². The highest BCUT2D eigenvalue weighted by Gasteiger charge is 2.19. The minimum absolute atomic E-state index is 0.0605. The van der Waals surface area contributed by atoms with E-state index in [1.54, 1.807) is 18.2 Å². The van der Waals surface area contributed by atoms with E-state index in [-0.39, 0.29) is 21.4 Å². The van der Waals surface area contributed by atoms with Gasteiger partial charge in [-0.3, -0.25) is 0 Å². The third-order valence-electron chi connectivity index (χ3n) is 2.65. The van der Waals surface area contributed by atoms with Crippen LogP contribution in [0.3, 0.4) is 0 Å². The van der Waals surface area contributed by atoms with Gasteiger partial charge in [-0.1, -0.05) is 35.3 Å². The first-order chi connectivity index (χ1) is 10.4. The number of rotatable bonds is 3. The molecule has 22 heavy (non-hydrogen) atoms. The molecule has 0 bridgehead atoms. The predicted molar refractivity (Wildman–Crippen MR) is 82.8 cm³/mol. The number of carbonyl (C=O) groups excluding carboxylic acids is 2. The Bertz CT molecular complexity index is 746. The van der Waals surface area contributed by atoms with Crippen LogP contribution in [0.5, 0.6) is 11.5 Å². The van der Waals surface area contributed by atoms with Crippen LogP contribution in [0, 0.1) is 6.92 Å². The van der Waals surface area contributed by atoms with Crippen molar-refractivity contribution in [2.45, 2.75) is 6.92 Å². The number of carbonyl (C=O) groups is 2. The lowest BCUT2D eigenvalue weighted by Gasteiger charge is -2.10. The molecule has 7 heteroatoms. The number of hydrogen-bond acceptors (Lipinski definition) is 4. The summed E-state index contributed by atoms with van der Waals surface area (Å²) in [4.78, 5) is 23.1. The summed E-state index contributed by atoms with van der Waals surface area (Å²) in [6.45, 7) is 1.86. The third kappa shape index (κ3) is 3.90. The van der Waals surface area contributed by atoms with Crippen molar-refractivity contribution in [3.63, 3.8) is 0 Å². The molecule has 5 nitrogen and oxygen atoms in total. The fourth-order valence-electron chi connectivity index (χ4n) is 1.72. The number of ether oxygens (including phenoxy) is 2. The first-order valence-electron chi connectivity index (χ1n) is 6.12. The molecule has 0 spiro atoms. The topological polar surface area (TPSA) is 78.6 Å². The van der Waals surface area contributed by atoms with Gasteiger partial charge in [0.1, 0.15) is 17.1 Å². The summed E-state index contributed by atoms with van der Waals surface area (Å²) in [5.41, 5.74) is 5.83. The zero-order chi connectivity index (χ0) is 16.3. The maximum absolute atomic E-state index is 12.2. The summed E-state index contributed by atoms with van der Waals surface area (Å²) < 4.78 is 9.98. The normalized spacial score (nSPS) is 10.1. The summed E-state index contributed by atoms with van der Waals surface area (Å²) in [5.74, 6) is -0.527. The quantitative estimate of drug-likeness (QED) is 0.677. The van der Waals surface area contributed by atoms with Crippen molar-refractivity contribution in [1.82, 2.24) is 0 Å². The highest BCUT2D eigenvalue weighted by Crippen LogP contribution is 2.31. The standard InChI is InChI=1S/C15H11Cl2NO4/c1-8-3-2-4-9(5-8)21-14(19)10-6-11(16)12(17)7-13(10)22-15(18)20/h2-7H,1H3,(H2,18,20). The molecule has 2 aromatic carbocycles. The van der Waals surface area contributed by atoms with Crippen LogP contribution in [-0.2, 0) is 0 Å². The largest absolute Gasteiger partial charge is 0.423 e. The fraction of sp³-hybridized carbons (Fsp3) is 0.0667. The first-order valence-corrected chi connectivity index (χ1v) is 6.87. The van der Waals surface area contributed by atoms with Gasteiger partial charge in [0.05, 0.1) is 10.0 Å². The van der Waals surface area contributed by atoms with Gasteiger partial charge in [-0.25, -0.2) is 9.59 Å². The lowest BCUT2D eigenvalue weighted by Crippen LogP contribution is -2.19. The molecule has 2 aromatic rings. The van der Waals surface area contributed by atoms with Gasteiger partial charge < -0.3 is 15.2 Å². The number of halogens is 2. The molecule has 0 aliphatic heterocycles. The van der Waals surface area contributed by atoms with E-state index in [1.807, 2.05) is 13.0 Å². The van der Waals surface area contributed by atoms with Gasteiger partial charge >= 0.3 is 12.1 Å². The van der Waals surface area contributed by atoms with Crippen molar-refractivity contribution in [3.8, 4) is 11.5 Å². The zero-order valence-electron chi connectivity index (χ0n) is 11.4. The molecule has 2 rings (SSSR count). The Balaban J connectivity index is 2.35. The Hall–Kier alpha value is -2.24. The summed E-state index contributed by atoms with van der Waals surface area (Å²) >= 11 is 11.7. The van der Waals surface area contributed by atoms with Gasteiger partial charge in [0, 0.05) is 6.07 Å². The fourth-order valence-corrected chi connectivity index (χ4v) is 2.04. The van der Waals surface area contributed by atoms with Crippen molar-refractivity contribution in [3.05, 3.63) is 57.6 Å². The number of esters is 1. The van der Waals surface area contributed by atoms with E-state index in [4.69, 9.17) is 38.4 Å². The number of aryl methyl sites for hydroxylation is 1. The first kappa shape index (κ1) is 16.1. The maximum atomic E-state index is 12.2. The molecule has 0 aromatic heterocycles. The van der Waals surface area contributed by atoms with E-state index < -0.39 is 12.1 Å². The van der Waals surface area contributed by atoms with E-state index in [0.29, 0.717) is 5.75 Å². The van der Waals surface area contributed by atoms with Crippen molar-refractivity contribution in [1.29, 1.82) is 0 Å². The minimum Gasteiger partial charge on any atom is -0.423 e. The Kier molecular flexibility index (Phi) is 4.90. The molecular formula is C15H11Cl2NO4. The van der Waals surface area contributed by atoms with Gasteiger partial charge in [-0.2, -0.15) is 0 Å². The summed E-state index contributed by atoms with van der Waals surface area (Å²) in [6.07, 6.45) is -1.08. The zero-order valence-corrected chi connectivity index (χ0v) is 12.9. The van der Waals surface area contributed by atoms with Gasteiger partial charge in [-0.15, -0.1) is 0 Å². The van der Waals surface area contributed by atoms with Crippen LogP contribution < -0.4 is 15.2 Å². The lowest BCUT2D eigenvalue weighted by molar-refractivity contribution is 0.0732. The highest BCUT2D eigenvalue weighted by atomic mass is 35.5. The van der Waals surface area contributed by atoms with Crippen LogP contribution in [0.15, 0.2) is 36.4 Å². The van der Waals surface area contributed by atoms with Crippen molar-refractivity contribution < 1.29 is 19.1 Å². The SMILES string of the molecule is Cc1cccc(OC(=O)c2cc(Cl)c(Cl)cc2OC(N)=O)c1. The summed E-state index contributed by atoms with van der Waals surface area (Å²) in [7, 11) is 0. The Labute approximate surface area is 136 Å². The van der Waals surface area contributed by atoms with Crippen LogP contribution in [0.1, 0.15) is 15.9 Å².